The van der Waals surface area contributed by atoms with Crippen LogP contribution in [0.2, 0.25) is 0 Å². The Morgan fingerprint density at radius 2 is 1.65 bits per heavy atom. The van der Waals surface area contributed by atoms with Gasteiger partial charge in [0.15, 0.2) is 11.4 Å². The summed E-state index contributed by atoms with van der Waals surface area (Å²) in [6.07, 6.45) is 6.22. The Hall–Kier alpha value is -5.57. The van der Waals surface area contributed by atoms with E-state index >= 15 is 0 Å². The predicted molar refractivity (Wildman–Crippen MR) is 153 cm³/mol. The highest BCUT2D eigenvalue weighted by Crippen LogP contribution is 2.36. The van der Waals surface area contributed by atoms with Crippen LogP contribution in [0.1, 0.15) is 22.5 Å². The number of benzene rings is 2. The number of carboxylic acid groups (broad SMARTS) is 1. The van der Waals surface area contributed by atoms with Crippen molar-refractivity contribution in [1.82, 2.24) is 19.9 Å². The number of hydrogen-bond donors (Lipinski definition) is 3. The fraction of sp³-hybridized carbons (Fsp3) is 0.0645. The molecule has 0 radical (unpaired) electrons. The molecule has 0 fully saturated rings. The molecule has 2 aromatic carbocycles. The largest absolute Gasteiger partial charge is 0.505 e. The Morgan fingerprint density at radius 3 is 2.33 bits per heavy atom. The molecule has 3 heterocycles. The highest BCUT2D eigenvalue weighted by atomic mass is 16.4. The molecule has 3 N–H and O–H groups in total. The lowest BCUT2D eigenvalue weighted by molar-refractivity contribution is -0.136. The minimum Gasteiger partial charge on any atom is -0.505 e. The maximum Gasteiger partial charge on any atom is 0.305 e. The molecule has 0 saturated heterocycles. The zero-order chi connectivity index (χ0) is 28.1. The molecular formula is C31H24N4O5. The van der Waals surface area contributed by atoms with Crippen LogP contribution in [-0.2, 0) is 4.79 Å². The molecule has 5 rings (SSSR count). The number of aromatic nitrogens is 3. The van der Waals surface area contributed by atoms with Gasteiger partial charge in [-0.3, -0.25) is 23.9 Å². The van der Waals surface area contributed by atoms with Crippen LogP contribution in [0.5, 0.6) is 5.75 Å². The zero-order valence-electron chi connectivity index (χ0n) is 21.2. The van der Waals surface area contributed by atoms with E-state index in [-0.39, 0.29) is 40.8 Å². The predicted octanol–water partition coefficient (Wildman–Crippen LogP) is 4.66. The summed E-state index contributed by atoms with van der Waals surface area (Å²) in [5.74, 6) is -2.26. The van der Waals surface area contributed by atoms with Crippen molar-refractivity contribution in [2.75, 3.05) is 6.54 Å². The number of hydrogen-bond acceptors (Lipinski definition) is 6. The average molecular weight is 533 g/mol. The first-order valence-corrected chi connectivity index (χ1v) is 12.5. The second-order valence-corrected chi connectivity index (χ2v) is 8.89. The van der Waals surface area contributed by atoms with Gasteiger partial charge in [-0.2, -0.15) is 0 Å². The second kappa shape index (κ2) is 11.4. The maximum atomic E-state index is 14.0. The van der Waals surface area contributed by atoms with Crippen LogP contribution in [0.3, 0.4) is 0 Å². The van der Waals surface area contributed by atoms with E-state index in [4.69, 9.17) is 5.11 Å². The van der Waals surface area contributed by atoms with Crippen molar-refractivity contribution in [3.63, 3.8) is 0 Å². The third kappa shape index (κ3) is 5.34. The lowest BCUT2D eigenvalue weighted by Gasteiger charge is -2.17. The highest BCUT2D eigenvalue weighted by Gasteiger charge is 2.24. The summed E-state index contributed by atoms with van der Waals surface area (Å²) in [6.45, 7) is -0.149. The normalized spacial score (nSPS) is 11.1. The van der Waals surface area contributed by atoms with Crippen molar-refractivity contribution in [3.05, 3.63) is 113 Å². The SMILES string of the molecule is O=C(O)CCNC(=O)c1nc(-c2cccnc2)c2c(cc(-c3ccccc3)c(=O)n2C=Cc2ccccc2)c1O. The van der Waals surface area contributed by atoms with Gasteiger partial charge in [0.1, 0.15) is 0 Å². The van der Waals surface area contributed by atoms with Gasteiger partial charge in [0, 0.05) is 41.7 Å². The first-order valence-electron chi connectivity index (χ1n) is 12.5. The quantitative estimate of drug-likeness (QED) is 0.264. The second-order valence-electron chi connectivity index (χ2n) is 8.89. The molecule has 0 aliphatic carbocycles. The monoisotopic (exact) mass is 532 g/mol. The third-order valence-corrected chi connectivity index (χ3v) is 6.24. The first kappa shape index (κ1) is 26.1. The number of pyridine rings is 3. The van der Waals surface area contributed by atoms with Gasteiger partial charge in [-0.05, 0) is 35.4 Å². The number of amides is 1. The van der Waals surface area contributed by atoms with Gasteiger partial charge in [-0.15, -0.1) is 0 Å². The van der Waals surface area contributed by atoms with Crippen LogP contribution in [0.4, 0.5) is 0 Å². The molecule has 0 bridgehead atoms. The third-order valence-electron chi connectivity index (χ3n) is 6.24. The van der Waals surface area contributed by atoms with Gasteiger partial charge in [-0.25, -0.2) is 4.98 Å². The van der Waals surface area contributed by atoms with E-state index in [1.54, 1.807) is 67.1 Å². The minimum atomic E-state index is -1.08. The molecular weight excluding hydrogens is 508 g/mol. The Balaban J connectivity index is 1.83. The van der Waals surface area contributed by atoms with Crippen LogP contribution >= 0.6 is 0 Å². The summed E-state index contributed by atoms with van der Waals surface area (Å²) in [7, 11) is 0. The number of carbonyl (C=O) groups is 2. The smallest absolute Gasteiger partial charge is 0.305 e. The van der Waals surface area contributed by atoms with Gasteiger partial charge < -0.3 is 15.5 Å². The average Bonchev–Trinajstić information content (AvgIpc) is 2.98. The number of nitrogens with zero attached hydrogens (tertiary/aromatic N) is 3. The molecule has 0 aliphatic heterocycles. The molecule has 0 saturated carbocycles. The summed E-state index contributed by atoms with van der Waals surface area (Å²) in [4.78, 5) is 46.6. The van der Waals surface area contributed by atoms with Crippen LogP contribution in [0, 0.1) is 0 Å². The van der Waals surface area contributed by atoms with E-state index in [1.165, 1.54) is 4.57 Å². The van der Waals surface area contributed by atoms with Crippen LogP contribution in [0.25, 0.3) is 45.6 Å². The van der Waals surface area contributed by atoms with E-state index in [0.717, 1.165) is 5.56 Å². The Kier molecular flexibility index (Phi) is 7.45. The van der Waals surface area contributed by atoms with Gasteiger partial charge in [0.2, 0.25) is 0 Å². The van der Waals surface area contributed by atoms with E-state index in [2.05, 4.69) is 15.3 Å². The van der Waals surface area contributed by atoms with Gasteiger partial charge in [-0.1, -0.05) is 60.7 Å². The summed E-state index contributed by atoms with van der Waals surface area (Å²) < 4.78 is 1.41. The van der Waals surface area contributed by atoms with Crippen molar-refractivity contribution in [3.8, 4) is 28.1 Å². The lowest BCUT2D eigenvalue weighted by atomic mass is 10.0. The minimum absolute atomic E-state index is 0.149. The molecule has 0 aliphatic rings. The zero-order valence-corrected chi connectivity index (χ0v) is 21.2. The first-order chi connectivity index (χ1) is 19.4. The van der Waals surface area contributed by atoms with Gasteiger partial charge >= 0.3 is 5.97 Å². The molecule has 0 atom stereocenters. The standard InChI is InChI=1S/C31H24N4O5/c36-25(37)13-16-33-30(39)27-29(38)24-18-23(21-10-5-2-6-11-21)31(40)35(17-14-20-8-3-1-4-9-20)28(24)26(34-27)22-12-7-15-32-19-22/h1-12,14-15,17-19,38H,13,16H2,(H,33,39)(H,36,37). The molecule has 198 valence electrons. The summed E-state index contributed by atoms with van der Waals surface area (Å²) in [6, 6.07) is 23.4. The van der Waals surface area contributed by atoms with Crippen molar-refractivity contribution in [2.24, 2.45) is 0 Å². The Bertz CT molecular complexity index is 1780. The number of nitrogens with one attached hydrogen (secondary N) is 1. The summed E-state index contributed by atoms with van der Waals surface area (Å²) in [5.41, 5.74) is 2.18. The van der Waals surface area contributed by atoms with E-state index in [1.807, 2.05) is 36.4 Å². The number of carbonyl (C=O) groups excluding carboxylic acids is 1. The van der Waals surface area contributed by atoms with E-state index in [9.17, 15) is 19.5 Å². The topological polar surface area (TPSA) is 134 Å². The molecule has 3 aromatic heterocycles. The van der Waals surface area contributed by atoms with Crippen LogP contribution in [0.15, 0.2) is 96.1 Å². The maximum absolute atomic E-state index is 14.0. The number of aromatic hydroxyl groups is 1. The fourth-order valence-corrected chi connectivity index (χ4v) is 4.32. The molecule has 9 nitrogen and oxygen atoms in total. The number of aliphatic carboxylic acids is 1. The number of fused-ring (bicyclic) bond motifs is 1. The van der Waals surface area contributed by atoms with E-state index in [0.29, 0.717) is 16.7 Å². The van der Waals surface area contributed by atoms with E-state index < -0.39 is 17.6 Å². The van der Waals surface area contributed by atoms with Crippen molar-refractivity contribution < 1.29 is 19.8 Å². The summed E-state index contributed by atoms with van der Waals surface area (Å²) in [5, 5.41) is 23.0. The van der Waals surface area contributed by atoms with Crippen molar-refractivity contribution in [2.45, 2.75) is 6.42 Å². The fourth-order valence-electron chi connectivity index (χ4n) is 4.32. The Morgan fingerprint density at radius 1 is 0.950 bits per heavy atom. The number of carboxylic acids is 1. The van der Waals surface area contributed by atoms with Gasteiger partial charge in [0.25, 0.3) is 11.5 Å². The molecule has 0 spiro atoms. The molecule has 0 unspecified atom stereocenters. The summed E-state index contributed by atoms with van der Waals surface area (Å²) >= 11 is 0. The van der Waals surface area contributed by atoms with Crippen LogP contribution < -0.4 is 10.9 Å². The van der Waals surface area contributed by atoms with Crippen LogP contribution in [-0.4, -0.2) is 43.2 Å². The molecule has 40 heavy (non-hydrogen) atoms. The lowest BCUT2D eigenvalue weighted by Crippen LogP contribution is -2.27. The van der Waals surface area contributed by atoms with Gasteiger partial charge in [0.05, 0.1) is 17.6 Å². The van der Waals surface area contributed by atoms with Crippen molar-refractivity contribution >= 4 is 35.1 Å². The molecule has 9 heteroatoms. The van der Waals surface area contributed by atoms with Crippen molar-refractivity contribution in [1.29, 1.82) is 0 Å². The Labute approximate surface area is 228 Å². The molecule has 1 amide bonds. The number of rotatable bonds is 8. The highest BCUT2D eigenvalue weighted by molar-refractivity contribution is 6.06. The molecule has 5 aromatic rings.